The lowest BCUT2D eigenvalue weighted by atomic mass is 10.1. The number of esters is 1. The molecule has 26 heavy (non-hydrogen) atoms. The summed E-state index contributed by atoms with van der Waals surface area (Å²) in [6.45, 7) is 2.22. The standard InChI is InChI=1S/C18H21N3O4S/c1-3-25-18(24)13-9-14(12-7-5-4-6-8-12)26-17(13)21-16(23)11-20-10-15(22)19-2/h4-9,20H,3,10-11H2,1-2H3,(H,19,22)(H,21,23)/p+1. The van der Waals surface area contributed by atoms with Crippen LogP contribution in [0.4, 0.5) is 5.00 Å². The Kier molecular flexibility index (Phi) is 7.31. The van der Waals surface area contributed by atoms with Gasteiger partial charge >= 0.3 is 5.97 Å². The van der Waals surface area contributed by atoms with Gasteiger partial charge in [-0.15, -0.1) is 11.3 Å². The summed E-state index contributed by atoms with van der Waals surface area (Å²) in [5, 5.41) is 7.27. The zero-order valence-corrected chi connectivity index (χ0v) is 15.5. The predicted octanol–water partition coefficient (Wildman–Crippen LogP) is 0.840. The number of benzene rings is 1. The molecule has 0 aliphatic rings. The molecule has 1 heterocycles. The quantitative estimate of drug-likeness (QED) is 0.594. The van der Waals surface area contributed by atoms with E-state index in [-0.39, 0.29) is 31.5 Å². The molecule has 0 saturated heterocycles. The molecule has 1 aromatic heterocycles. The van der Waals surface area contributed by atoms with Crippen LogP contribution in [0.3, 0.4) is 0 Å². The second-order valence-corrected chi connectivity index (χ2v) is 6.41. The summed E-state index contributed by atoms with van der Waals surface area (Å²) in [7, 11) is 1.54. The van der Waals surface area contributed by atoms with Crippen molar-refractivity contribution in [2.75, 3.05) is 32.1 Å². The van der Waals surface area contributed by atoms with Gasteiger partial charge in [-0.3, -0.25) is 9.59 Å². The molecule has 0 radical (unpaired) electrons. The summed E-state index contributed by atoms with van der Waals surface area (Å²) < 4.78 is 5.08. The van der Waals surface area contributed by atoms with E-state index in [1.165, 1.54) is 11.3 Å². The highest BCUT2D eigenvalue weighted by atomic mass is 32.1. The van der Waals surface area contributed by atoms with Crippen molar-refractivity contribution in [2.24, 2.45) is 0 Å². The van der Waals surface area contributed by atoms with E-state index in [9.17, 15) is 14.4 Å². The van der Waals surface area contributed by atoms with Crippen molar-refractivity contribution in [3.05, 3.63) is 42.0 Å². The van der Waals surface area contributed by atoms with Gasteiger partial charge in [-0.05, 0) is 18.6 Å². The zero-order chi connectivity index (χ0) is 18.9. The van der Waals surface area contributed by atoms with Crippen LogP contribution in [0.2, 0.25) is 0 Å². The van der Waals surface area contributed by atoms with Gasteiger partial charge in [0.25, 0.3) is 11.8 Å². The van der Waals surface area contributed by atoms with Crippen molar-refractivity contribution in [1.29, 1.82) is 0 Å². The Morgan fingerprint density at radius 3 is 2.46 bits per heavy atom. The molecule has 0 saturated carbocycles. The minimum Gasteiger partial charge on any atom is -0.462 e. The lowest BCUT2D eigenvalue weighted by Crippen LogP contribution is -2.88. The molecule has 0 aliphatic heterocycles. The van der Waals surface area contributed by atoms with Crippen LogP contribution in [0.25, 0.3) is 10.4 Å². The Hall–Kier alpha value is -2.71. The number of hydrogen-bond acceptors (Lipinski definition) is 5. The number of ether oxygens (including phenoxy) is 1. The van der Waals surface area contributed by atoms with Crippen LogP contribution < -0.4 is 16.0 Å². The first-order chi connectivity index (χ1) is 12.5. The summed E-state index contributed by atoms with van der Waals surface area (Å²) in [5.74, 6) is -0.927. The van der Waals surface area contributed by atoms with E-state index in [1.54, 1.807) is 25.4 Å². The molecule has 2 amide bonds. The molecule has 0 fully saturated rings. The maximum Gasteiger partial charge on any atom is 0.341 e. The molecule has 138 valence electrons. The van der Waals surface area contributed by atoms with Crippen molar-refractivity contribution in [1.82, 2.24) is 5.32 Å². The van der Waals surface area contributed by atoms with Crippen molar-refractivity contribution in [3.63, 3.8) is 0 Å². The maximum absolute atomic E-state index is 12.2. The van der Waals surface area contributed by atoms with Gasteiger partial charge in [-0.25, -0.2) is 4.79 Å². The molecule has 0 bridgehead atoms. The number of nitrogens with two attached hydrogens (primary N) is 1. The largest absolute Gasteiger partial charge is 0.462 e. The number of anilines is 1. The van der Waals surface area contributed by atoms with Crippen LogP contribution >= 0.6 is 11.3 Å². The van der Waals surface area contributed by atoms with Crippen molar-refractivity contribution in [3.8, 4) is 10.4 Å². The first-order valence-corrected chi connectivity index (χ1v) is 9.05. The third-order valence-electron chi connectivity index (χ3n) is 3.48. The van der Waals surface area contributed by atoms with Crippen LogP contribution in [0.15, 0.2) is 36.4 Å². The van der Waals surface area contributed by atoms with Gasteiger partial charge in [0, 0.05) is 11.9 Å². The average Bonchev–Trinajstić information content (AvgIpc) is 3.06. The van der Waals surface area contributed by atoms with Crippen LogP contribution in [0.5, 0.6) is 0 Å². The normalized spacial score (nSPS) is 10.2. The monoisotopic (exact) mass is 376 g/mol. The second-order valence-electron chi connectivity index (χ2n) is 5.36. The number of carbonyl (C=O) groups is 3. The fourth-order valence-electron chi connectivity index (χ4n) is 2.20. The maximum atomic E-state index is 12.2. The van der Waals surface area contributed by atoms with E-state index in [2.05, 4.69) is 10.6 Å². The number of carbonyl (C=O) groups excluding carboxylic acids is 3. The molecule has 1 aromatic carbocycles. The highest BCUT2D eigenvalue weighted by Gasteiger charge is 2.20. The number of quaternary nitrogens is 1. The molecule has 0 spiro atoms. The first-order valence-electron chi connectivity index (χ1n) is 8.23. The van der Waals surface area contributed by atoms with Gasteiger partial charge in [0.1, 0.15) is 5.00 Å². The minimum absolute atomic E-state index is 0.0776. The smallest absolute Gasteiger partial charge is 0.341 e. The fraction of sp³-hybridized carbons (Fsp3) is 0.278. The molecule has 2 rings (SSSR count). The lowest BCUT2D eigenvalue weighted by molar-refractivity contribution is -0.632. The number of amides is 2. The third-order valence-corrected chi connectivity index (χ3v) is 4.58. The summed E-state index contributed by atoms with van der Waals surface area (Å²) in [4.78, 5) is 36.4. The molecule has 4 N–H and O–H groups in total. The van der Waals surface area contributed by atoms with Crippen LogP contribution in [-0.2, 0) is 14.3 Å². The second kappa shape index (κ2) is 9.69. The van der Waals surface area contributed by atoms with E-state index in [4.69, 9.17) is 4.74 Å². The van der Waals surface area contributed by atoms with Crippen LogP contribution in [0.1, 0.15) is 17.3 Å². The van der Waals surface area contributed by atoms with Crippen molar-refractivity contribution in [2.45, 2.75) is 6.92 Å². The topological polar surface area (TPSA) is 101 Å². The van der Waals surface area contributed by atoms with E-state index in [0.29, 0.717) is 10.6 Å². The number of nitrogens with one attached hydrogen (secondary N) is 2. The van der Waals surface area contributed by atoms with E-state index >= 15 is 0 Å². The van der Waals surface area contributed by atoms with Gasteiger partial charge in [-0.2, -0.15) is 0 Å². The van der Waals surface area contributed by atoms with Gasteiger partial charge in [-0.1, -0.05) is 30.3 Å². The SMILES string of the molecule is CCOC(=O)c1cc(-c2ccccc2)sc1NC(=O)C[NH2+]CC(=O)NC. The van der Waals surface area contributed by atoms with Gasteiger partial charge in [0.2, 0.25) is 0 Å². The summed E-state index contributed by atoms with van der Waals surface area (Å²) in [5.41, 5.74) is 1.28. The van der Waals surface area contributed by atoms with Crippen LogP contribution in [-0.4, -0.2) is 44.5 Å². The number of thiophene rings is 1. The Bertz CT molecular complexity index is 774. The molecule has 8 heteroatoms. The highest BCUT2D eigenvalue weighted by molar-refractivity contribution is 7.20. The van der Waals surface area contributed by atoms with E-state index in [0.717, 1.165) is 10.4 Å². The van der Waals surface area contributed by atoms with Crippen molar-refractivity contribution >= 4 is 34.1 Å². The number of likely N-dealkylation sites (N-methyl/N-ethyl adjacent to an activating group) is 1. The van der Waals surface area contributed by atoms with Crippen LogP contribution in [0, 0.1) is 0 Å². The van der Waals surface area contributed by atoms with Gasteiger partial charge < -0.3 is 20.7 Å². The molecular formula is C18H22N3O4S+. The third kappa shape index (κ3) is 5.40. The zero-order valence-electron chi connectivity index (χ0n) is 14.7. The Balaban J connectivity index is 2.14. The lowest BCUT2D eigenvalue weighted by Gasteiger charge is -2.05. The summed E-state index contributed by atoms with van der Waals surface area (Å²) >= 11 is 1.31. The predicted molar refractivity (Wildman–Crippen MR) is 100 cm³/mol. The summed E-state index contributed by atoms with van der Waals surface area (Å²) in [6, 6.07) is 11.3. The first kappa shape index (κ1) is 19.6. The van der Waals surface area contributed by atoms with Crippen molar-refractivity contribution < 1.29 is 24.4 Å². The molecular weight excluding hydrogens is 354 g/mol. The highest BCUT2D eigenvalue weighted by Crippen LogP contribution is 2.35. The Morgan fingerprint density at radius 2 is 1.81 bits per heavy atom. The number of rotatable bonds is 8. The number of hydrogen-bond donors (Lipinski definition) is 3. The van der Waals surface area contributed by atoms with E-state index in [1.807, 2.05) is 30.3 Å². The van der Waals surface area contributed by atoms with E-state index < -0.39 is 5.97 Å². The van der Waals surface area contributed by atoms with Gasteiger partial charge in [0.15, 0.2) is 13.1 Å². The minimum atomic E-state index is -0.476. The molecule has 0 aliphatic carbocycles. The average molecular weight is 376 g/mol. The Morgan fingerprint density at radius 1 is 1.12 bits per heavy atom. The molecule has 0 unspecified atom stereocenters. The molecule has 0 atom stereocenters. The summed E-state index contributed by atoms with van der Waals surface area (Å²) in [6.07, 6.45) is 0. The van der Waals surface area contributed by atoms with Gasteiger partial charge in [0.05, 0.1) is 12.2 Å². The molecule has 7 nitrogen and oxygen atoms in total. The fourth-order valence-corrected chi connectivity index (χ4v) is 3.27. The molecule has 2 aromatic rings. The Labute approximate surface area is 155 Å².